The minimum Gasteiger partial charge on any atom is -0.462 e. The summed E-state index contributed by atoms with van der Waals surface area (Å²) >= 11 is 1.16. The molecular weight excluding hydrogens is 378 g/mol. The lowest BCUT2D eigenvalue weighted by molar-refractivity contribution is 0.0525. The van der Waals surface area contributed by atoms with E-state index in [0.717, 1.165) is 22.9 Å². The molecule has 0 aliphatic carbocycles. The van der Waals surface area contributed by atoms with Crippen molar-refractivity contribution in [2.45, 2.75) is 32.9 Å². The molecule has 8 heteroatoms. The highest BCUT2D eigenvalue weighted by Gasteiger charge is 2.23. The van der Waals surface area contributed by atoms with Crippen LogP contribution in [-0.2, 0) is 4.74 Å². The zero-order valence-electron chi connectivity index (χ0n) is 16.2. The van der Waals surface area contributed by atoms with Crippen molar-refractivity contribution < 1.29 is 18.7 Å². The lowest BCUT2D eigenvalue weighted by atomic mass is 10.1. The van der Waals surface area contributed by atoms with Gasteiger partial charge in [0, 0.05) is 11.3 Å². The number of nitrogens with zero attached hydrogens (tertiary/aromatic N) is 2. The summed E-state index contributed by atoms with van der Waals surface area (Å²) in [6.07, 6.45) is 0. The van der Waals surface area contributed by atoms with Crippen LogP contribution in [0.4, 0.5) is 0 Å². The topological polar surface area (TPSA) is 98.1 Å². The predicted molar refractivity (Wildman–Crippen MR) is 106 cm³/mol. The Balaban J connectivity index is 1.71. The summed E-state index contributed by atoms with van der Waals surface area (Å²) in [5.74, 6) is -0.0556. The van der Waals surface area contributed by atoms with Gasteiger partial charge in [-0.1, -0.05) is 30.0 Å². The van der Waals surface area contributed by atoms with Gasteiger partial charge in [-0.05, 0) is 44.9 Å². The number of carbonyl (C=O) groups excluding carboxylic acids is 2. The van der Waals surface area contributed by atoms with Gasteiger partial charge >= 0.3 is 5.97 Å². The molecule has 0 atom stereocenters. The number of esters is 1. The minimum absolute atomic E-state index is 0.110. The molecule has 0 unspecified atom stereocenters. The van der Waals surface area contributed by atoms with E-state index < -0.39 is 5.97 Å². The first-order valence-corrected chi connectivity index (χ1v) is 9.82. The molecule has 1 N–H and O–H groups in total. The molecular formula is C20H21N3O4S. The number of aromatic amines is 1. The Hall–Kier alpha value is -2.87. The Kier molecular flexibility index (Phi) is 5.99. The molecule has 0 aliphatic rings. The summed E-state index contributed by atoms with van der Waals surface area (Å²) in [5, 5.41) is 8.38. The van der Waals surface area contributed by atoms with Crippen LogP contribution in [0.5, 0.6) is 0 Å². The molecule has 1 aromatic carbocycles. The Morgan fingerprint density at radius 1 is 1.18 bits per heavy atom. The number of aromatic nitrogens is 3. The van der Waals surface area contributed by atoms with E-state index in [0.29, 0.717) is 33.6 Å². The normalized spacial score (nSPS) is 10.9. The lowest BCUT2D eigenvalue weighted by Crippen LogP contribution is -2.08. The number of hydrogen-bond acceptors (Lipinski definition) is 7. The van der Waals surface area contributed by atoms with Crippen molar-refractivity contribution in [3.63, 3.8) is 0 Å². The first kappa shape index (κ1) is 19.9. The van der Waals surface area contributed by atoms with E-state index in [2.05, 4.69) is 15.2 Å². The van der Waals surface area contributed by atoms with Crippen LogP contribution in [0.3, 0.4) is 0 Å². The number of aryl methyl sites for hydroxylation is 2. The first-order valence-electron chi connectivity index (χ1n) is 8.84. The number of thioether (sulfide) groups is 1. The minimum atomic E-state index is -0.430. The molecule has 0 radical (unpaired) electrons. The van der Waals surface area contributed by atoms with Crippen LogP contribution in [0, 0.1) is 20.8 Å². The average Bonchev–Trinajstić information content (AvgIpc) is 3.24. The Morgan fingerprint density at radius 2 is 1.93 bits per heavy atom. The van der Waals surface area contributed by atoms with E-state index in [4.69, 9.17) is 9.15 Å². The molecule has 0 aliphatic heterocycles. The number of ether oxygens (including phenoxy) is 1. The number of hydrogen-bond donors (Lipinski definition) is 1. The molecule has 28 heavy (non-hydrogen) atoms. The number of benzene rings is 1. The summed E-state index contributed by atoms with van der Waals surface area (Å²) in [6.45, 7) is 7.47. The second kappa shape index (κ2) is 8.43. The van der Waals surface area contributed by atoms with Crippen molar-refractivity contribution in [1.82, 2.24) is 15.2 Å². The molecule has 3 aromatic rings. The molecule has 7 nitrogen and oxygen atoms in total. The van der Waals surface area contributed by atoms with Crippen LogP contribution in [0.2, 0.25) is 0 Å². The van der Waals surface area contributed by atoms with Crippen LogP contribution < -0.4 is 0 Å². The SMILES string of the molecule is CCOC(=O)c1c(C)[nH]c(C(=O)CSc2nnc(-c3ccccc3C)o2)c1C. The molecule has 3 rings (SSSR count). The molecule has 0 bridgehead atoms. The Labute approximate surface area is 166 Å². The van der Waals surface area contributed by atoms with Crippen LogP contribution >= 0.6 is 11.8 Å². The number of ketones is 1. The zero-order valence-corrected chi connectivity index (χ0v) is 17.0. The third-order valence-electron chi connectivity index (χ3n) is 4.30. The number of nitrogens with one attached hydrogen (secondary N) is 1. The van der Waals surface area contributed by atoms with Gasteiger partial charge in [-0.25, -0.2) is 4.79 Å². The largest absolute Gasteiger partial charge is 0.462 e. The maximum Gasteiger partial charge on any atom is 0.340 e. The van der Waals surface area contributed by atoms with E-state index in [1.807, 2.05) is 31.2 Å². The van der Waals surface area contributed by atoms with Crippen LogP contribution in [0.25, 0.3) is 11.5 Å². The Morgan fingerprint density at radius 3 is 2.64 bits per heavy atom. The molecule has 146 valence electrons. The van der Waals surface area contributed by atoms with E-state index in [1.54, 1.807) is 20.8 Å². The summed E-state index contributed by atoms with van der Waals surface area (Å²) in [4.78, 5) is 27.7. The van der Waals surface area contributed by atoms with Gasteiger partial charge in [0.25, 0.3) is 5.22 Å². The van der Waals surface area contributed by atoms with Gasteiger partial charge in [-0.2, -0.15) is 0 Å². The zero-order chi connectivity index (χ0) is 20.3. The van der Waals surface area contributed by atoms with E-state index in [-0.39, 0.29) is 18.1 Å². The second-order valence-electron chi connectivity index (χ2n) is 6.25. The van der Waals surface area contributed by atoms with Gasteiger partial charge in [0.1, 0.15) is 0 Å². The van der Waals surface area contributed by atoms with Gasteiger partial charge < -0.3 is 14.1 Å². The first-order chi connectivity index (χ1) is 13.4. The predicted octanol–water partition coefficient (Wildman–Crippen LogP) is 4.14. The van der Waals surface area contributed by atoms with Crippen molar-refractivity contribution in [2.75, 3.05) is 12.4 Å². The average molecular weight is 399 g/mol. The molecule has 0 fully saturated rings. The van der Waals surface area contributed by atoms with E-state index in [1.165, 1.54) is 0 Å². The van der Waals surface area contributed by atoms with Crippen molar-refractivity contribution in [3.8, 4) is 11.5 Å². The van der Waals surface area contributed by atoms with Gasteiger partial charge in [0.15, 0.2) is 5.78 Å². The van der Waals surface area contributed by atoms with Crippen LogP contribution in [0.1, 0.15) is 44.6 Å². The monoisotopic (exact) mass is 399 g/mol. The summed E-state index contributed by atoms with van der Waals surface area (Å²) in [5.41, 5.74) is 3.91. The quantitative estimate of drug-likeness (QED) is 0.362. The summed E-state index contributed by atoms with van der Waals surface area (Å²) < 4.78 is 10.7. The number of carbonyl (C=O) groups is 2. The van der Waals surface area contributed by atoms with Crippen molar-refractivity contribution >= 4 is 23.5 Å². The van der Waals surface area contributed by atoms with Crippen molar-refractivity contribution in [1.29, 1.82) is 0 Å². The second-order valence-corrected chi connectivity index (χ2v) is 7.17. The number of Topliss-reactive ketones (excluding diaryl/α,β-unsaturated/α-hetero) is 1. The Bertz CT molecular complexity index is 1020. The highest BCUT2D eigenvalue weighted by atomic mass is 32.2. The van der Waals surface area contributed by atoms with Crippen molar-refractivity contribution in [3.05, 3.63) is 52.3 Å². The molecule has 0 amide bonds. The molecule has 0 saturated heterocycles. The molecule has 0 saturated carbocycles. The fourth-order valence-corrected chi connectivity index (χ4v) is 3.56. The summed E-state index contributed by atoms with van der Waals surface area (Å²) in [7, 11) is 0. The highest BCUT2D eigenvalue weighted by Crippen LogP contribution is 2.27. The fourth-order valence-electron chi connectivity index (χ4n) is 2.93. The molecule has 0 spiro atoms. The van der Waals surface area contributed by atoms with Crippen LogP contribution in [-0.4, -0.2) is 39.3 Å². The fraction of sp³-hybridized carbons (Fsp3) is 0.300. The van der Waals surface area contributed by atoms with E-state index in [9.17, 15) is 9.59 Å². The molecule has 2 aromatic heterocycles. The standard InChI is InChI=1S/C20H21N3O4S/c1-5-26-19(25)16-12(3)17(21-13(16)4)15(24)10-28-20-23-22-18(27-20)14-9-7-6-8-11(14)2/h6-9,21H,5,10H2,1-4H3. The third kappa shape index (κ3) is 4.01. The number of rotatable bonds is 7. The van der Waals surface area contributed by atoms with Gasteiger partial charge in [0.2, 0.25) is 5.89 Å². The summed E-state index contributed by atoms with van der Waals surface area (Å²) in [6, 6.07) is 7.72. The van der Waals surface area contributed by atoms with Gasteiger partial charge in [-0.15, -0.1) is 10.2 Å². The maximum absolute atomic E-state index is 12.6. The van der Waals surface area contributed by atoms with Crippen LogP contribution in [0.15, 0.2) is 33.9 Å². The van der Waals surface area contributed by atoms with Gasteiger partial charge in [0.05, 0.1) is 23.6 Å². The number of H-pyrrole nitrogens is 1. The smallest absolute Gasteiger partial charge is 0.340 e. The maximum atomic E-state index is 12.6. The molecule has 2 heterocycles. The highest BCUT2D eigenvalue weighted by molar-refractivity contribution is 7.99. The van der Waals surface area contributed by atoms with E-state index >= 15 is 0 Å². The lowest BCUT2D eigenvalue weighted by Gasteiger charge is -2.02. The van der Waals surface area contributed by atoms with Crippen molar-refractivity contribution in [2.24, 2.45) is 0 Å². The van der Waals surface area contributed by atoms with Gasteiger partial charge in [-0.3, -0.25) is 4.79 Å². The third-order valence-corrected chi connectivity index (χ3v) is 5.12.